The molecule has 246 valence electrons. The van der Waals surface area contributed by atoms with E-state index in [9.17, 15) is 19.2 Å². The molecular weight excluding hydrogens is 596 g/mol. The van der Waals surface area contributed by atoms with E-state index in [-0.39, 0.29) is 58.3 Å². The molecule has 4 N–H and O–H groups in total. The van der Waals surface area contributed by atoms with Gasteiger partial charge < -0.3 is 35.5 Å². The van der Waals surface area contributed by atoms with Gasteiger partial charge in [-0.05, 0) is 43.0 Å². The SMILES string of the molecule is O=C(COc1ccccc1)NCCCC[C@@H]1NC(=O)COCCOCCNC(=O)[C@@H](Cc2cn(Cc3cccnc3)nn2)NC1=O. The molecule has 0 radical (unpaired) electrons. The number of carbonyl (C=O) groups is 4. The fraction of sp³-hybridized carbons (Fsp3) is 0.452. The largest absolute Gasteiger partial charge is 0.484 e. The first-order valence-corrected chi connectivity index (χ1v) is 15.2. The second-order valence-electron chi connectivity index (χ2n) is 10.6. The molecule has 3 heterocycles. The lowest BCUT2D eigenvalue weighted by atomic mass is 10.1. The van der Waals surface area contributed by atoms with Crippen LogP contribution in [0.15, 0.2) is 61.1 Å². The summed E-state index contributed by atoms with van der Waals surface area (Å²) in [6, 6.07) is 10.8. The molecule has 0 saturated carbocycles. The van der Waals surface area contributed by atoms with Crippen molar-refractivity contribution in [3.8, 4) is 5.75 Å². The minimum Gasteiger partial charge on any atom is -0.484 e. The van der Waals surface area contributed by atoms with Crippen LogP contribution < -0.4 is 26.0 Å². The molecule has 0 spiro atoms. The van der Waals surface area contributed by atoms with E-state index in [0.29, 0.717) is 37.4 Å². The molecule has 4 amide bonds. The van der Waals surface area contributed by atoms with E-state index in [0.717, 1.165) is 5.56 Å². The van der Waals surface area contributed by atoms with Crippen molar-refractivity contribution in [2.45, 2.75) is 44.3 Å². The summed E-state index contributed by atoms with van der Waals surface area (Å²) >= 11 is 0. The van der Waals surface area contributed by atoms with Crippen molar-refractivity contribution in [3.05, 3.63) is 72.3 Å². The smallest absolute Gasteiger partial charge is 0.257 e. The Hall–Kier alpha value is -4.89. The van der Waals surface area contributed by atoms with Gasteiger partial charge in [-0.1, -0.05) is 29.5 Å². The van der Waals surface area contributed by atoms with E-state index in [1.807, 2.05) is 30.3 Å². The molecule has 0 aliphatic carbocycles. The van der Waals surface area contributed by atoms with Gasteiger partial charge in [-0.25, -0.2) is 4.68 Å². The summed E-state index contributed by atoms with van der Waals surface area (Å²) in [5, 5.41) is 19.4. The summed E-state index contributed by atoms with van der Waals surface area (Å²) in [6.07, 6.45) is 6.52. The maximum atomic E-state index is 13.5. The van der Waals surface area contributed by atoms with E-state index in [2.05, 4.69) is 36.6 Å². The van der Waals surface area contributed by atoms with Crippen LogP contribution in [0, 0.1) is 0 Å². The fourth-order valence-electron chi connectivity index (χ4n) is 4.56. The number of nitrogens with zero attached hydrogens (tertiary/aromatic N) is 4. The Morgan fingerprint density at radius 3 is 2.65 bits per heavy atom. The van der Waals surface area contributed by atoms with Gasteiger partial charge in [0.2, 0.25) is 17.7 Å². The highest BCUT2D eigenvalue weighted by Gasteiger charge is 2.28. The molecular formula is C31H40N8O7. The lowest BCUT2D eigenvalue weighted by Gasteiger charge is -2.23. The number of amides is 4. The van der Waals surface area contributed by atoms with Crippen LogP contribution in [-0.2, 0) is 41.6 Å². The Kier molecular flexibility index (Phi) is 13.9. The van der Waals surface area contributed by atoms with E-state index in [1.54, 1.807) is 35.4 Å². The molecule has 4 rings (SSSR count). The first-order chi connectivity index (χ1) is 22.5. The van der Waals surface area contributed by atoms with Crippen LogP contribution in [0.3, 0.4) is 0 Å². The van der Waals surface area contributed by atoms with Gasteiger partial charge in [-0.2, -0.15) is 0 Å². The molecule has 1 fully saturated rings. The highest BCUT2D eigenvalue weighted by Crippen LogP contribution is 2.09. The maximum Gasteiger partial charge on any atom is 0.257 e. The summed E-state index contributed by atoms with van der Waals surface area (Å²) in [5.74, 6) is -1.09. The molecule has 2 atom stereocenters. The van der Waals surface area contributed by atoms with Crippen LogP contribution in [0.5, 0.6) is 5.75 Å². The lowest BCUT2D eigenvalue weighted by molar-refractivity contribution is -0.133. The Bertz CT molecular complexity index is 1390. The van der Waals surface area contributed by atoms with Crippen LogP contribution >= 0.6 is 0 Å². The van der Waals surface area contributed by atoms with E-state index in [4.69, 9.17) is 14.2 Å². The third-order valence-electron chi connectivity index (χ3n) is 6.86. The van der Waals surface area contributed by atoms with Crippen LogP contribution in [0.2, 0.25) is 0 Å². The molecule has 46 heavy (non-hydrogen) atoms. The second-order valence-corrected chi connectivity index (χ2v) is 10.6. The number of unbranched alkanes of at least 4 members (excludes halogenated alkanes) is 1. The molecule has 3 aromatic rings. The van der Waals surface area contributed by atoms with Gasteiger partial charge in [0.15, 0.2) is 6.61 Å². The first-order valence-electron chi connectivity index (χ1n) is 15.2. The van der Waals surface area contributed by atoms with Gasteiger partial charge in [0, 0.05) is 38.1 Å². The zero-order chi connectivity index (χ0) is 32.4. The second kappa shape index (κ2) is 18.8. The van der Waals surface area contributed by atoms with Crippen molar-refractivity contribution in [1.29, 1.82) is 0 Å². The zero-order valence-electron chi connectivity index (χ0n) is 25.6. The Morgan fingerprint density at radius 2 is 1.83 bits per heavy atom. The van der Waals surface area contributed by atoms with Gasteiger partial charge in [0.1, 0.15) is 24.4 Å². The lowest BCUT2D eigenvalue weighted by Crippen LogP contribution is -2.55. The quantitative estimate of drug-likeness (QED) is 0.193. The summed E-state index contributed by atoms with van der Waals surface area (Å²) in [5.41, 5.74) is 1.43. The molecule has 1 aliphatic heterocycles. The van der Waals surface area contributed by atoms with Gasteiger partial charge >= 0.3 is 0 Å². The number of carbonyl (C=O) groups excluding carboxylic acids is 4. The molecule has 0 unspecified atom stereocenters. The molecule has 1 aliphatic rings. The van der Waals surface area contributed by atoms with Crippen molar-refractivity contribution in [3.63, 3.8) is 0 Å². The van der Waals surface area contributed by atoms with Gasteiger partial charge in [-0.3, -0.25) is 24.2 Å². The van der Waals surface area contributed by atoms with Crippen molar-refractivity contribution < 1.29 is 33.4 Å². The fourth-order valence-corrected chi connectivity index (χ4v) is 4.56. The average Bonchev–Trinajstić information content (AvgIpc) is 3.50. The summed E-state index contributed by atoms with van der Waals surface area (Å²) in [4.78, 5) is 55.5. The first kappa shape index (κ1) is 34.0. The summed E-state index contributed by atoms with van der Waals surface area (Å²) in [6.45, 7) is 1.34. The minimum atomic E-state index is -0.985. The zero-order valence-corrected chi connectivity index (χ0v) is 25.6. The Labute approximate surface area is 266 Å². The number of rotatable bonds is 12. The molecule has 15 nitrogen and oxygen atoms in total. The molecule has 1 saturated heterocycles. The number of para-hydroxylation sites is 1. The Morgan fingerprint density at radius 1 is 0.978 bits per heavy atom. The van der Waals surface area contributed by atoms with E-state index >= 15 is 0 Å². The molecule has 15 heteroatoms. The number of aromatic nitrogens is 4. The number of pyridine rings is 1. The number of benzene rings is 1. The highest BCUT2D eigenvalue weighted by atomic mass is 16.5. The normalized spacial score (nSPS) is 18.3. The maximum absolute atomic E-state index is 13.5. The van der Waals surface area contributed by atoms with Crippen LogP contribution in [0.4, 0.5) is 0 Å². The number of nitrogens with one attached hydrogen (secondary N) is 4. The van der Waals surface area contributed by atoms with E-state index < -0.39 is 29.8 Å². The minimum absolute atomic E-state index is 0.0757. The number of hydrogen-bond acceptors (Lipinski definition) is 10. The number of hydrogen-bond donors (Lipinski definition) is 4. The average molecular weight is 637 g/mol. The molecule has 1 aromatic carbocycles. The third-order valence-corrected chi connectivity index (χ3v) is 6.86. The molecule has 0 bridgehead atoms. The highest BCUT2D eigenvalue weighted by molar-refractivity contribution is 5.92. The van der Waals surface area contributed by atoms with Crippen LogP contribution in [-0.4, -0.2) is 102 Å². The summed E-state index contributed by atoms with van der Waals surface area (Å²) in [7, 11) is 0. The van der Waals surface area contributed by atoms with Gasteiger partial charge in [0.25, 0.3) is 5.91 Å². The summed E-state index contributed by atoms with van der Waals surface area (Å²) < 4.78 is 17.9. The van der Waals surface area contributed by atoms with Crippen LogP contribution in [0.1, 0.15) is 30.5 Å². The standard InChI is InChI=1S/C31H40N8O7/c40-28(22-46-25-8-2-1-3-9-25)33-12-5-4-10-26-31(43)36-27(30(42)34-13-14-44-15-16-45-21-29(41)35-26)17-24-20-39(38-37-24)19-23-7-6-11-32-18-23/h1-3,6-9,11,18,20,26-27H,4-5,10,12-17,19,21-22H2,(H,33,40)(H,34,42)(H,35,41)(H,36,43)/t26-,27+/m0/s1. The van der Waals surface area contributed by atoms with E-state index in [1.165, 1.54) is 0 Å². The van der Waals surface area contributed by atoms with Crippen molar-refractivity contribution in [2.75, 3.05) is 46.1 Å². The van der Waals surface area contributed by atoms with Crippen molar-refractivity contribution in [2.24, 2.45) is 0 Å². The van der Waals surface area contributed by atoms with Crippen molar-refractivity contribution >= 4 is 23.6 Å². The molecule has 2 aromatic heterocycles. The monoisotopic (exact) mass is 636 g/mol. The Balaban J connectivity index is 1.33. The topological polar surface area (TPSA) is 188 Å². The van der Waals surface area contributed by atoms with Gasteiger partial charge in [0.05, 0.1) is 32.1 Å². The number of ether oxygens (including phenoxy) is 3. The third kappa shape index (κ3) is 12.2. The predicted octanol–water partition coefficient (Wildman–Crippen LogP) is -0.238. The van der Waals surface area contributed by atoms with Gasteiger partial charge in [-0.15, -0.1) is 5.10 Å². The van der Waals surface area contributed by atoms with Crippen LogP contribution in [0.25, 0.3) is 0 Å². The predicted molar refractivity (Wildman–Crippen MR) is 164 cm³/mol. The van der Waals surface area contributed by atoms with Crippen molar-refractivity contribution in [1.82, 2.24) is 41.2 Å².